The molecule has 0 spiro atoms. The predicted octanol–water partition coefficient (Wildman–Crippen LogP) is 2.48. The number of aromatic nitrogens is 5. The summed E-state index contributed by atoms with van der Waals surface area (Å²) >= 11 is 0. The van der Waals surface area contributed by atoms with Gasteiger partial charge < -0.3 is 19.5 Å². The van der Waals surface area contributed by atoms with Crippen molar-refractivity contribution in [3.63, 3.8) is 0 Å². The maximum Gasteiger partial charge on any atom is 0.164 e. The number of benzene rings is 1. The molecule has 1 saturated heterocycles. The third-order valence-corrected chi connectivity index (χ3v) is 5.46. The fourth-order valence-corrected chi connectivity index (χ4v) is 3.79. The van der Waals surface area contributed by atoms with Crippen molar-refractivity contribution >= 4 is 16.9 Å². The molecule has 160 valence electrons. The number of rotatable bonds is 6. The van der Waals surface area contributed by atoms with E-state index in [9.17, 15) is 4.39 Å². The topological polar surface area (TPSA) is 73.0 Å². The lowest BCUT2D eigenvalue weighted by molar-refractivity contribution is 0.123. The molecule has 9 heteroatoms. The van der Waals surface area contributed by atoms with Gasteiger partial charge in [-0.25, -0.2) is 19.0 Å². The number of likely N-dealkylation sites (N-methyl/N-ethyl adjacent to an activating group) is 1. The Morgan fingerprint density at radius 1 is 1.13 bits per heavy atom. The van der Waals surface area contributed by atoms with Crippen LogP contribution in [-0.2, 0) is 11.3 Å². The first-order valence-corrected chi connectivity index (χ1v) is 10.4. The molecule has 0 radical (unpaired) electrons. The van der Waals surface area contributed by atoms with Gasteiger partial charge in [0, 0.05) is 44.0 Å². The van der Waals surface area contributed by atoms with Crippen molar-refractivity contribution in [3.05, 3.63) is 54.7 Å². The molecule has 1 N–H and O–H groups in total. The lowest BCUT2D eigenvalue weighted by Crippen LogP contribution is -2.36. The number of hydrogen-bond donors (Lipinski definition) is 1. The van der Waals surface area contributed by atoms with Crippen molar-refractivity contribution in [2.75, 3.05) is 44.8 Å². The number of hydrogen-bond acceptors (Lipinski definition) is 6. The maximum atomic E-state index is 13.3. The zero-order valence-electron chi connectivity index (χ0n) is 17.3. The van der Waals surface area contributed by atoms with Gasteiger partial charge in [-0.2, -0.15) is 5.10 Å². The minimum atomic E-state index is -0.264. The molecule has 1 aliphatic rings. The number of ether oxygens (including phenoxy) is 1. The van der Waals surface area contributed by atoms with Gasteiger partial charge in [0.05, 0.1) is 30.9 Å². The van der Waals surface area contributed by atoms with Crippen LogP contribution in [0.1, 0.15) is 0 Å². The summed E-state index contributed by atoms with van der Waals surface area (Å²) in [5.74, 6) is 0.453. The fourth-order valence-electron chi connectivity index (χ4n) is 3.79. The first-order chi connectivity index (χ1) is 15.2. The third-order valence-electron chi connectivity index (χ3n) is 5.46. The van der Waals surface area contributed by atoms with Crippen molar-refractivity contribution < 1.29 is 9.13 Å². The van der Waals surface area contributed by atoms with Gasteiger partial charge in [-0.05, 0) is 37.4 Å². The molecule has 8 nitrogen and oxygen atoms in total. The first-order valence-electron chi connectivity index (χ1n) is 10.4. The molecule has 0 amide bonds. The Morgan fingerprint density at radius 2 is 1.94 bits per heavy atom. The smallest absolute Gasteiger partial charge is 0.164 e. The van der Waals surface area contributed by atoms with Gasteiger partial charge in [0.25, 0.3) is 0 Å². The Balaban J connectivity index is 1.58. The molecule has 0 bridgehead atoms. The van der Waals surface area contributed by atoms with Crippen LogP contribution < -0.4 is 10.2 Å². The second-order valence-electron chi connectivity index (χ2n) is 7.47. The standard InChI is InChI=1S/C22H24FN7O/c1-24-7-9-29-15-25-21-19(28-10-12-31-13-11-28)14-20(26-22(21)29)30-8-6-18(27-30)16-2-4-17(23)5-3-16/h2-6,8,14-15,24H,7,9-13H2,1H3. The van der Waals surface area contributed by atoms with Crippen LogP contribution in [0.5, 0.6) is 0 Å². The molecule has 5 rings (SSSR count). The summed E-state index contributed by atoms with van der Waals surface area (Å²) in [6.45, 7) is 4.59. The minimum Gasteiger partial charge on any atom is -0.378 e. The van der Waals surface area contributed by atoms with Crippen LogP contribution in [0.3, 0.4) is 0 Å². The van der Waals surface area contributed by atoms with Crippen LogP contribution in [0.15, 0.2) is 48.9 Å². The molecule has 3 aromatic heterocycles. The molecule has 1 fully saturated rings. The third kappa shape index (κ3) is 3.89. The van der Waals surface area contributed by atoms with Gasteiger partial charge in [0.1, 0.15) is 11.3 Å². The average Bonchev–Trinajstić information content (AvgIpc) is 3.46. The maximum absolute atomic E-state index is 13.3. The number of anilines is 1. The van der Waals surface area contributed by atoms with Crippen molar-refractivity contribution in [1.29, 1.82) is 0 Å². The van der Waals surface area contributed by atoms with E-state index in [1.807, 2.05) is 31.7 Å². The molecule has 1 aromatic carbocycles. The van der Waals surface area contributed by atoms with Crippen LogP contribution >= 0.6 is 0 Å². The van der Waals surface area contributed by atoms with Crippen molar-refractivity contribution in [2.24, 2.45) is 0 Å². The predicted molar refractivity (Wildman–Crippen MR) is 117 cm³/mol. The van der Waals surface area contributed by atoms with Crippen LogP contribution in [-0.4, -0.2) is 64.2 Å². The second kappa shape index (κ2) is 8.44. The second-order valence-corrected chi connectivity index (χ2v) is 7.47. The average molecular weight is 421 g/mol. The van der Waals surface area contributed by atoms with Gasteiger partial charge in [-0.3, -0.25) is 0 Å². The van der Waals surface area contributed by atoms with E-state index in [1.54, 1.807) is 16.8 Å². The molecule has 0 unspecified atom stereocenters. The van der Waals surface area contributed by atoms with Crippen LogP contribution in [0.25, 0.3) is 28.2 Å². The van der Waals surface area contributed by atoms with Gasteiger partial charge in [-0.15, -0.1) is 0 Å². The minimum absolute atomic E-state index is 0.264. The van der Waals surface area contributed by atoms with E-state index in [4.69, 9.17) is 14.8 Å². The van der Waals surface area contributed by atoms with Crippen molar-refractivity contribution in [2.45, 2.75) is 6.54 Å². The van der Waals surface area contributed by atoms with Gasteiger partial charge in [-0.1, -0.05) is 0 Å². The Kier molecular flexibility index (Phi) is 5.35. The Labute approximate surface area is 179 Å². The summed E-state index contributed by atoms with van der Waals surface area (Å²) < 4.78 is 22.6. The molecule has 4 heterocycles. The monoisotopic (exact) mass is 421 g/mol. The van der Waals surface area contributed by atoms with E-state index in [1.165, 1.54) is 12.1 Å². The first kappa shape index (κ1) is 19.7. The van der Waals surface area contributed by atoms with Gasteiger partial charge in [0.2, 0.25) is 0 Å². The molecule has 0 saturated carbocycles. The highest BCUT2D eigenvalue weighted by molar-refractivity contribution is 5.87. The lowest BCUT2D eigenvalue weighted by atomic mass is 10.1. The van der Waals surface area contributed by atoms with E-state index in [0.717, 1.165) is 54.3 Å². The number of pyridine rings is 1. The van der Waals surface area contributed by atoms with E-state index < -0.39 is 0 Å². The zero-order chi connectivity index (χ0) is 21.2. The molecule has 0 atom stereocenters. The van der Waals surface area contributed by atoms with E-state index in [-0.39, 0.29) is 5.82 Å². The molecule has 4 aromatic rings. The van der Waals surface area contributed by atoms with E-state index in [2.05, 4.69) is 19.8 Å². The summed E-state index contributed by atoms with van der Waals surface area (Å²) in [4.78, 5) is 11.8. The van der Waals surface area contributed by atoms with Crippen molar-refractivity contribution in [3.8, 4) is 17.1 Å². The molecular formula is C22H24FN7O. The number of fused-ring (bicyclic) bond motifs is 1. The molecule has 0 aliphatic carbocycles. The van der Waals surface area contributed by atoms with E-state index in [0.29, 0.717) is 19.0 Å². The molecular weight excluding hydrogens is 397 g/mol. The Bertz CT molecular complexity index is 1180. The summed E-state index contributed by atoms with van der Waals surface area (Å²) in [6.07, 6.45) is 3.72. The summed E-state index contributed by atoms with van der Waals surface area (Å²) in [5.41, 5.74) is 4.36. The highest BCUT2D eigenvalue weighted by atomic mass is 19.1. The number of halogens is 1. The highest BCUT2D eigenvalue weighted by Crippen LogP contribution is 2.28. The van der Waals surface area contributed by atoms with Crippen LogP contribution in [0, 0.1) is 5.82 Å². The van der Waals surface area contributed by atoms with Gasteiger partial charge in [0.15, 0.2) is 11.5 Å². The molecule has 1 aliphatic heterocycles. The zero-order valence-corrected chi connectivity index (χ0v) is 17.3. The summed E-state index contributed by atoms with van der Waals surface area (Å²) in [7, 11) is 1.93. The molecule has 31 heavy (non-hydrogen) atoms. The quantitative estimate of drug-likeness (QED) is 0.516. The highest BCUT2D eigenvalue weighted by Gasteiger charge is 2.20. The summed E-state index contributed by atoms with van der Waals surface area (Å²) in [5, 5.41) is 7.87. The Morgan fingerprint density at radius 3 is 2.71 bits per heavy atom. The summed E-state index contributed by atoms with van der Waals surface area (Å²) in [6, 6.07) is 10.3. The normalized spacial score (nSPS) is 14.5. The Hall–Kier alpha value is -3.30. The largest absolute Gasteiger partial charge is 0.378 e. The van der Waals surface area contributed by atoms with Crippen LogP contribution in [0.2, 0.25) is 0 Å². The lowest BCUT2D eigenvalue weighted by Gasteiger charge is -2.29. The van der Waals surface area contributed by atoms with Crippen molar-refractivity contribution in [1.82, 2.24) is 29.6 Å². The number of nitrogens with zero attached hydrogens (tertiary/aromatic N) is 6. The van der Waals surface area contributed by atoms with E-state index >= 15 is 0 Å². The van der Waals surface area contributed by atoms with Gasteiger partial charge >= 0.3 is 0 Å². The number of nitrogens with one attached hydrogen (secondary N) is 1. The number of imidazole rings is 1. The number of morpholine rings is 1. The fraction of sp³-hybridized carbons (Fsp3) is 0.318. The SMILES string of the molecule is CNCCn1cnc2c(N3CCOCC3)cc(-n3ccc(-c4ccc(F)cc4)n3)nc21. The van der Waals surface area contributed by atoms with Crippen LogP contribution in [0.4, 0.5) is 10.1 Å².